The van der Waals surface area contributed by atoms with Crippen molar-refractivity contribution in [1.82, 2.24) is 0 Å². The van der Waals surface area contributed by atoms with Crippen molar-refractivity contribution in [1.29, 1.82) is 0 Å². The van der Waals surface area contributed by atoms with Gasteiger partial charge in [0.15, 0.2) is 0 Å². The fraction of sp³-hybridized carbons (Fsp3) is 0.333. The second kappa shape index (κ2) is 4.41. The third-order valence-electron chi connectivity index (χ3n) is 5.22. The Morgan fingerprint density at radius 3 is 2.37 bits per heavy atom. The Morgan fingerprint density at radius 1 is 1.05 bits per heavy atom. The van der Waals surface area contributed by atoms with Gasteiger partial charge in [-0.25, -0.2) is 0 Å². The van der Waals surface area contributed by atoms with E-state index in [1.165, 1.54) is 16.7 Å². The molecule has 0 bridgehead atoms. The predicted molar refractivity (Wildman–Crippen MR) is 77.4 cm³/mol. The topological polar surface area (TPSA) is 0 Å². The number of benzene rings is 1. The summed E-state index contributed by atoms with van der Waals surface area (Å²) in [4.78, 5) is 0. The molecule has 0 saturated carbocycles. The number of allylic oxidation sites excluding steroid dienone is 5. The monoisotopic (exact) mass is 415 g/mol. The fourth-order valence-electron chi connectivity index (χ4n) is 3.58. The molecule has 1 heteroatoms. The van der Waals surface area contributed by atoms with Crippen molar-refractivity contribution in [2.24, 2.45) is 5.41 Å². The van der Waals surface area contributed by atoms with Crippen molar-refractivity contribution in [3.63, 3.8) is 0 Å². The third kappa shape index (κ3) is 1.67. The standard InChI is InChI=1S/C18H19.Hf/c1-12-11-18(4,14(3)13(12)2)17-10-9-15-7-5-6-8-16(15)17;/h5-10,17H,1-4H3;. The first-order valence-corrected chi connectivity index (χ1v) is 8.66. The minimum atomic E-state index is 0.212. The molecule has 2 aliphatic carbocycles. The van der Waals surface area contributed by atoms with Crippen molar-refractivity contribution < 1.29 is 24.4 Å². The molecule has 2 aliphatic rings. The Hall–Kier alpha value is -0.690. The summed E-state index contributed by atoms with van der Waals surface area (Å²) in [6.07, 6.45) is 4.72. The normalized spacial score (nSPS) is 29.3. The fourth-order valence-corrected chi connectivity index (χ4v) is 5.48. The van der Waals surface area contributed by atoms with E-state index < -0.39 is 0 Å². The summed E-state index contributed by atoms with van der Waals surface area (Å²) >= 11 is 1.15. The first-order chi connectivity index (χ1) is 8.98. The summed E-state index contributed by atoms with van der Waals surface area (Å²) in [6.45, 7) is 9.37. The molecule has 0 radical (unpaired) electrons. The third-order valence-corrected chi connectivity index (χ3v) is 8.43. The Morgan fingerprint density at radius 2 is 1.74 bits per heavy atom. The van der Waals surface area contributed by atoms with Crippen LogP contribution in [0, 0.1) is 5.41 Å². The molecule has 0 nitrogen and oxygen atoms in total. The average Bonchev–Trinajstić information content (AvgIpc) is 2.92. The summed E-state index contributed by atoms with van der Waals surface area (Å²) in [5.41, 5.74) is 7.75. The molecule has 0 spiro atoms. The van der Waals surface area contributed by atoms with E-state index >= 15 is 0 Å². The molecule has 0 aromatic heterocycles. The summed E-state index contributed by atoms with van der Waals surface area (Å²) < 4.78 is 1.67. The van der Waals surface area contributed by atoms with Gasteiger partial charge in [-0.2, -0.15) is 0 Å². The Labute approximate surface area is 130 Å². The molecule has 0 heterocycles. The molecule has 0 aliphatic heterocycles. The van der Waals surface area contributed by atoms with E-state index in [1.54, 1.807) is 14.5 Å². The molecule has 3 rings (SSSR count). The van der Waals surface area contributed by atoms with Crippen LogP contribution in [0.2, 0.25) is 0 Å². The van der Waals surface area contributed by atoms with Crippen molar-refractivity contribution in [2.45, 2.75) is 33.6 Å². The molecular weight excluding hydrogens is 395 g/mol. The maximum atomic E-state index is 2.45. The van der Waals surface area contributed by atoms with E-state index in [-0.39, 0.29) is 5.41 Å². The van der Waals surface area contributed by atoms with E-state index in [4.69, 9.17) is 0 Å². The van der Waals surface area contributed by atoms with Gasteiger partial charge in [0, 0.05) is 0 Å². The van der Waals surface area contributed by atoms with Crippen LogP contribution in [-0.4, -0.2) is 0 Å². The molecule has 95 valence electrons. The Balaban J connectivity index is 2.18. The first-order valence-electron chi connectivity index (χ1n) is 6.86. The molecule has 0 saturated heterocycles. The van der Waals surface area contributed by atoms with Gasteiger partial charge in [-0.3, -0.25) is 0 Å². The van der Waals surface area contributed by atoms with Crippen molar-refractivity contribution in [3.8, 4) is 0 Å². The Bertz CT molecular complexity index is 619. The summed E-state index contributed by atoms with van der Waals surface area (Å²) in [7, 11) is 0. The molecule has 1 aromatic carbocycles. The first kappa shape index (κ1) is 13.3. The van der Waals surface area contributed by atoms with Crippen molar-refractivity contribution in [2.75, 3.05) is 0 Å². The summed E-state index contributed by atoms with van der Waals surface area (Å²) in [5.74, 6) is 0.517. The predicted octanol–water partition coefficient (Wildman–Crippen LogP) is 4.97. The van der Waals surface area contributed by atoms with Crippen LogP contribution in [0.1, 0.15) is 44.7 Å². The van der Waals surface area contributed by atoms with Gasteiger partial charge in [0.05, 0.1) is 0 Å². The van der Waals surface area contributed by atoms with Crippen LogP contribution < -0.4 is 0 Å². The molecular formula is C18H19Hf. The zero-order valence-electron chi connectivity index (χ0n) is 12.0. The van der Waals surface area contributed by atoms with Gasteiger partial charge in [-0.15, -0.1) is 0 Å². The quantitative estimate of drug-likeness (QED) is 0.570. The zero-order valence-corrected chi connectivity index (χ0v) is 15.6. The van der Waals surface area contributed by atoms with Crippen LogP contribution in [0.25, 0.3) is 6.08 Å². The van der Waals surface area contributed by atoms with Crippen LogP contribution in [0.15, 0.2) is 50.4 Å². The van der Waals surface area contributed by atoms with E-state index in [9.17, 15) is 0 Å². The zero-order chi connectivity index (χ0) is 13.8. The molecule has 0 fully saturated rings. The van der Waals surface area contributed by atoms with Crippen LogP contribution in [0.5, 0.6) is 0 Å². The van der Waals surface area contributed by atoms with Crippen LogP contribution in [-0.2, 0) is 24.4 Å². The maximum absolute atomic E-state index is 2.45. The van der Waals surface area contributed by atoms with Crippen molar-refractivity contribution in [3.05, 3.63) is 61.5 Å². The second-order valence-electron chi connectivity index (χ2n) is 5.92. The van der Waals surface area contributed by atoms with E-state index in [2.05, 4.69) is 64.1 Å². The SMILES string of the molecule is CC1=C(C)C(C)(C2C=Cc3ccccc32)[C]([Hf])=C1C. The molecule has 1 aromatic rings. The van der Waals surface area contributed by atoms with Crippen molar-refractivity contribution >= 4 is 6.08 Å². The van der Waals surface area contributed by atoms with Crippen LogP contribution in [0.4, 0.5) is 0 Å². The van der Waals surface area contributed by atoms with Gasteiger partial charge in [-0.1, -0.05) is 0 Å². The number of rotatable bonds is 1. The van der Waals surface area contributed by atoms with Gasteiger partial charge in [0.1, 0.15) is 0 Å². The number of fused-ring (bicyclic) bond motifs is 1. The Kier molecular flexibility index (Phi) is 3.09. The number of hydrogen-bond acceptors (Lipinski definition) is 0. The molecule has 0 N–H and O–H groups in total. The van der Waals surface area contributed by atoms with Gasteiger partial charge in [0.2, 0.25) is 0 Å². The number of hydrogen-bond donors (Lipinski definition) is 0. The molecule has 2 unspecified atom stereocenters. The molecule has 19 heavy (non-hydrogen) atoms. The van der Waals surface area contributed by atoms with E-state index in [0.717, 1.165) is 24.4 Å². The van der Waals surface area contributed by atoms with Gasteiger partial charge in [0.25, 0.3) is 0 Å². The molecule has 2 atom stereocenters. The van der Waals surface area contributed by atoms with Crippen LogP contribution in [0.3, 0.4) is 0 Å². The van der Waals surface area contributed by atoms with E-state index in [0.29, 0.717) is 5.92 Å². The van der Waals surface area contributed by atoms with Gasteiger partial charge < -0.3 is 0 Å². The summed E-state index contributed by atoms with van der Waals surface area (Å²) in [5, 5.41) is 0. The van der Waals surface area contributed by atoms with E-state index in [1.807, 2.05) is 0 Å². The second-order valence-corrected chi connectivity index (χ2v) is 7.71. The summed E-state index contributed by atoms with van der Waals surface area (Å²) in [6, 6.07) is 8.85. The van der Waals surface area contributed by atoms with Gasteiger partial charge >= 0.3 is 131 Å². The average molecular weight is 414 g/mol. The minimum absolute atomic E-state index is 0.212. The van der Waals surface area contributed by atoms with Crippen LogP contribution >= 0.6 is 0 Å². The molecule has 0 amide bonds. The van der Waals surface area contributed by atoms with Gasteiger partial charge in [-0.05, 0) is 0 Å².